The summed E-state index contributed by atoms with van der Waals surface area (Å²) in [6.45, 7) is 4.70. The minimum absolute atomic E-state index is 0.197. The van der Waals surface area contributed by atoms with Gasteiger partial charge in [0.1, 0.15) is 0 Å². The number of sulfonamides is 1. The Labute approximate surface area is 194 Å². The number of benzene rings is 2. The lowest BCUT2D eigenvalue weighted by Gasteiger charge is -2.30. The van der Waals surface area contributed by atoms with E-state index in [-0.39, 0.29) is 29.8 Å². The van der Waals surface area contributed by atoms with Gasteiger partial charge < -0.3 is 14.8 Å². The quantitative estimate of drug-likeness (QED) is 0.629. The SMILES string of the molecule is COc1cc(Cl)c(NC(=O)C2CCN(S(=O)(=O)c3ccc(C(C)C)cc3)CC2)cc1OC. The van der Waals surface area contributed by atoms with E-state index >= 15 is 0 Å². The smallest absolute Gasteiger partial charge is 0.243 e. The van der Waals surface area contributed by atoms with Gasteiger partial charge in [0.2, 0.25) is 15.9 Å². The molecule has 0 bridgehead atoms. The summed E-state index contributed by atoms with van der Waals surface area (Å²) in [6, 6.07) is 10.2. The van der Waals surface area contributed by atoms with Gasteiger partial charge in [-0.25, -0.2) is 8.42 Å². The van der Waals surface area contributed by atoms with E-state index in [0.29, 0.717) is 41.0 Å². The maximum atomic E-state index is 13.0. The van der Waals surface area contributed by atoms with Crippen molar-refractivity contribution >= 4 is 33.2 Å². The van der Waals surface area contributed by atoms with Gasteiger partial charge in [0, 0.05) is 31.1 Å². The first-order valence-electron chi connectivity index (χ1n) is 10.5. The molecule has 1 N–H and O–H groups in total. The molecule has 1 aliphatic heterocycles. The van der Waals surface area contributed by atoms with E-state index in [2.05, 4.69) is 19.2 Å². The Morgan fingerprint density at radius 1 is 1.06 bits per heavy atom. The summed E-state index contributed by atoms with van der Waals surface area (Å²) in [5.74, 6) is 0.749. The monoisotopic (exact) mass is 480 g/mol. The zero-order chi connectivity index (χ0) is 23.5. The molecule has 0 unspecified atom stereocenters. The van der Waals surface area contributed by atoms with Crippen LogP contribution in [-0.4, -0.2) is 45.9 Å². The van der Waals surface area contributed by atoms with E-state index < -0.39 is 10.0 Å². The topological polar surface area (TPSA) is 84.9 Å². The second-order valence-electron chi connectivity index (χ2n) is 8.08. The third kappa shape index (κ3) is 5.19. The number of anilines is 1. The molecule has 0 saturated carbocycles. The number of hydrogen-bond donors (Lipinski definition) is 1. The summed E-state index contributed by atoms with van der Waals surface area (Å²) >= 11 is 6.26. The average Bonchev–Trinajstić information content (AvgIpc) is 2.80. The van der Waals surface area contributed by atoms with Crippen LogP contribution in [0.4, 0.5) is 5.69 Å². The number of rotatable bonds is 7. The molecule has 3 rings (SSSR count). The van der Waals surface area contributed by atoms with E-state index in [9.17, 15) is 13.2 Å². The van der Waals surface area contributed by atoms with Crippen molar-refractivity contribution in [3.05, 3.63) is 47.0 Å². The first kappa shape index (κ1) is 24.4. The molecule has 0 spiro atoms. The lowest BCUT2D eigenvalue weighted by atomic mass is 9.97. The van der Waals surface area contributed by atoms with Gasteiger partial charge in [-0.3, -0.25) is 4.79 Å². The summed E-state index contributed by atoms with van der Waals surface area (Å²) in [6.07, 6.45) is 0.861. The van der Waals surface area contributed by atoms with Crippen LogP contribution in [0.2, 0.25) is 5.02 Å². The first-order valence-corrected chi connectivity index (χ1v) is 12.3. The van der Waals surface area contributed by atoms with Gasteiger partial charge in [-0.05, 0) is 36.5 Å². The third-order valence-electron chi connectivity index (χ3n) is 5.74. The molecule has 1 aliphatic rings. The molecule has 2 aromatic rings. The molecule has 32 heavy (non-hydrogen) atoms. The van der Waals surface area contributed by atoms with Crippen LogP contribution >= 0.6 is 11.6 Å². The minimum Gasteiger partial charge on any atom is -0.493 e. The molecule has 0 aliphatic carbocycles. The van der Waals surface area contributed by atoms with Crippen LogP contribution in [0.5, 0.6) is 11.5 Å². The van der Waals surface area contributed by atoms with Crippen molar-refractivity contribution in [2.75, 3.05) is 32.6 Å². The number of hydrogen-bond acceptors (Lipinski definition) is 5. The maximum absolute atomic E-state index is 13.0. The molecule has 0 atom stereocenters. The van der Waals surface area contributed by atoms with Crippen LogP contribution in [0.3, 0.4) is 0 Å². The molecule has 174 valence electrons. The molecule has 2 aromatic carbocycles. The van der Waals surface area contributed by atoms with Gasteiger partial charge in [-0.1, -0.05) is 37.6 Å². The summed E-state index contributed by atoms with van der Waals surface area (Å²) in [5.41, 5.74) is 1.52. The van der Waals surface area contributed by atoms with Gasteiger partial charge in [0.05, 0.1) is 29.8 Å². The van der Waals surface area contributed by atoms with E-state index in [0.717, 1.165) is 5.56 Å². The number of methoxy groups -OCH3 is 2. The van der Waals surface area contributed by atoms with Crippen LogP contribution in [0, 0.1) is 5.92 Å². The van der Waals surface area contributed by atoms with Gasteiger partial charge in [0.25, 0.3) is 0 Å². The molecular formula is C23H29ClN2O5S. The van der Waals surface area contributed by atoms with Crippen molar-refractivity contribution in [1.82, 2.24) is 4.31 Å². The van der Waals surface area contributed by atoms with Gasteiger partial charge in [0.15, 0.2) is 11.5 Å². The van der Waals surface area contributed by atoms with Gasteiger partial charge in [-0.2, -0.15) is 4.31 Å². The highest BCUT2D eigenvalue weighted by Crippen LogP contribution is 2.36. The van der Waals surface area contributed by atoms with Crippen molar-refractivity contribution < 1.29 is 22.7 Å². The fourth-order valence-electron chi connectivity index (χ4n) is 3.72. The number of amides is 1. The first-order chi connectivity index (χ1) is 15.2. The number of nitrogens with zero attached hydrogens (tertiary/aromatic N) is 1. The molecular weight excluding hydrogens is 452 g/mol. The third-order valence-corrected chi connectivity index (χ3v) is 7.97. The van der Waals surface area contributed by atoms with Crippen molar-refractivity contribution in [2.24, 2.45) is 5.92 Å². The molecule has 9 heteroatoms. The molecule has 1 saturated heterocycles. The highest BCUT2D eigenvalue weighted by Gasteiger charge is 2.32. The molecule has 1 fully saturated rings. The van der Waals surface area contributed by atoms with Crippen molar-refractivity contribution in [3.8, 4) is 11.5 Å². The van der Waals surface area contributed by atoms with Crippen LogP contribution in [0.15, 0.2) is 41.3 Å². The summed E-state index contributed by atoms with van der Waals surface area (Å²) in [5, 5.41) is 3.17. The largest absolute Gasteiger partial charge is 0.493 e. The van der Waals surface area contributed by atoms with E-state index in [1.807, 2.05) is 12.1 Å². The number of piperidine rings is 1. The fourth-order valence-corrected chi connectivity index (χ4v) is 5.39. The normalized spacial score (nSPS) is 15.6. The zero-order valence-electron chi connectivity index (χ0n) is 18.7. The predicted molar refractivity (Wildman–Crippen MR) is 125 cm³/mol. The van der Waals surface area contributed by atoms with Crippen LogP contribution in [-0.2, 0) is 14.8 Å². The number of carbonyl (C=O) groups is 1. The second kappa shape index (κ2) is 10.1. The molecule has 1 amide bonds. The minimum atomic E-state index is -3.59. The lowest BCUT2D eigenvalue weighted by Crippen LogP contribution is -2.41. The average molecular weight is 481 g/mol. The van der Waals surface area contributed by atoms with Gasteiger partial charge >= 0.3 is 0 Å². The molecule has 7 nitrogen and oxygen atoms in total. The number of ether oxygens (including phenoxy) is 2. The Morgan fingerprint density at radius 3 is 2.16 bits per heavy atom. The second-order valence-corrected chi connectivity index (χ2v) is 10.4. The predicted octanol–water partition coefficient (Wildman–Crippen LogP) is 4.52. The fraction of sp³-hybridized carbons (Fsp3) is 0.435. The molecule has 0 aromatic heterocycles. The Kier molecular flexibility index (Phi) is 7.69. The summed E-state index contributed by atoms with van der Waals surface area (Å²) in [7, 11) is -0.575. The number of halogens is 1. The van der Waals surface area contributed by atoms with Crippen LogP contribution in [0.25, 0.3) is 0 Å². The molecule has 1 heterocycles. The maximum Gasteiger partial charge on any atom is 0.243 e. The Morgan fingerprint density at radius 2 is 1.62 bits per heavy atom. The van der Waals surface area contributed by atoms with Crippen molar-refractivity contribution in [1.29, 1.82) is 0 Å². The van der Waals surface area contributed by atoms with Gasteiger partial charge in [-0.15, -0.1) is 0 Å². The van der Waals surface area contributed by atoms with E-state index in [4.69, 9.17) is 21.1 Å². The zero-order valence-corrected chi connectivity index (χ0v) is 20.3. The summed E-state index contributed by atoms with van der Waals surface area (Å²) in [4.78, 5) is 13.1. The lowest BCUT2D eigenvalue weighted by molar-refractivity contribution is -0.120. The molecule has 0 radical (unpaired) electrons. The standard InChI is InChI=1S/C23H29ClN2O5S/c1-15(2)16-5-7-18(8-6-16)32(28,29)26-11-9-17(10-12-26)23(27)25-20-14-22(31-4)21(30-3)13-19(20)24/h5-8,13-15,17H,9-12H2,1-4H3,(H,25,27). The Balaban J connectivity index is 1.64. The highest BCUT2D eigenvalue weighted by molar-refractivity contribution is 7.89. The Hall–Kier alpha value is -2.29. The van der Waals surface area contributed by atoms with E-state index in [1.54, 1.807) is 24.3 Å². The number of carbonyl (C=O) groups excluding carboxylic acids is 1. The van der Waals surface area contributed by atoms with Crippen molar-refractivity contribution in [2.45, 2.75) is 37.5 Å². The summed E-state index contributed by atoms with van der Waals surface area (Å²) < 4.78 is 37.9. The number of nitrogens with one attached hydrogen (secondary N) is 1. The van der Waals surface area contributed by atoms with Crippen LogP contribution in [0.1, 0.15) is 38.2 Å². The Bertz CT molecular complexity index is 1060. The van der Waals surface area contributed by atoms with Crippen molar-refractivity contribution in [3.63, 3.8) is 0 Å². The highest BCUT2D eigenvalue weighted by atomic mass is 35.5. The van der Waals surface area contributed by atoms with Crippen LogP contribution < -0.4 is 14.8 Å². The van der Waals surface area contributed by atoms with E-state index in [1.165, 1.54) is 18.5 Å².